The lowest BCUT2D eigenvalue weighted by Crippen LogP contribution is -2.49. The van der Waals surface area contributed by atoms with Gasteiger partial charge in [-0.2, -0.15) is 0 Å². The number of anilines is 1. The Morgan fingerprint density at radius 2 is 1.89 bits per heavy atom. The zero-order chi connectivity index (χ0) is 19.8. The first-order valence-electron chi connectivity index (χ1n) is 9.39. The second-order valence-corrected chi connectivity index (χ2v) is 8.55. The van der Waals surface area contributed by atoms with Crippen molar-refractivity contribution in [2.45, 2.75) is 57.8 Å². The number of carbonyl (C=O) groups is 1. The van der Waals surface area contributed by atoms with Gasteiger partial charge in [-0.15, -0.1) is 11.6 Å². The zero-order valence-electron chi connectivity index (χ0n) is 16.7. The van der Waals surface area contributed by atoms with Gasteiger partial charge in [0.1, 0.15) is 5.88 Å². The van der Waals surface area contributed by atoms with Gasteiger partial charge in [-0.1, -0.05) is 0 Å². The average molecular weight is 395 g/mol. The number of alkyl halides is 1. The van der Waals surface area contributed by atoms with Gasteiger partial charge < -0.3 is 19.1 Å². The lowest BCUT2D eigenvalue weighted by Gasteiger charge is -2.37. The molecule has 0 N–H and O–H groups in total. The first-order chi connectivity index (χ1) is 12.6. The zero-order valence-corrected chi connectivity index (χ0v) is 17.5. The van der Waals surface area contributed by atoms with Crippen LogP contribution >= 0.6 is 11.6 Å². The molecule has 0 radical (unpaired) electrons. The van der Waals surface area contributed by atoms with Crippen LogP contribution in [-0.2, 0) is 14.1 Å². The number of amides is 1. The van der Waals surface area contributed by atoms with Gasteiger partial charge in [-0.25, -0.2) is 9.97 Å². The van der Waals surface area contributed by atoms with Gasteiger partial charge in [-0.3, -0.25) is 4.79 Å². The van der Waals surface area contributed by atoms with Crippen LogP contribution < -0.4 is 10.4 Å². The molecule has 0 aromatic carbocycles. The van der Waals surface area contributed by atoms with E-state index in [1.54, 1.807) is 24.3 Å². The highest BCUT2D eigenvalue weighted by molar-refractivity contribution is 6.61. The van der Waals surface area contributed by atoms with E-state index in [9.17, 15) is 4.79 Å². The molecule has 1 aromatic rings. The van der Waals surface area contributed by atoms with Gasteiger partial charge in [0.05, 0.1) is 11.2 Å². The molecule has 2 aliphatic rings. The quantitative estimate of drug-likeness (QED) is 0.569. The summed E-state index contributed by atoms with van der Waals surface area (Å²) < 4.78 is 12.1. The molecule has 2 saturated heterocycles. The number of carbonyl (C=O) groups excluding carboxylic acids is 1. The van der Waals surface area contributed by atoms with E-state index >= 15 is 0 Å². The van der Waals surface area contributed by atoms with Crippen LogP contribution in [0.4, 0.5) is 5.95 Å². The predicted octanol–water partition coefficient (Wildman–Crippen LogP) is 1.44. The van der Waals surface area contributed by atoms with Crippen molar-refractivity contribution in [2.75, 3.05) is 30.9 Å². The van der Waals surface area contributed by atoms with Crippen LogP contribution in [-0.4, -0.2) is 71.2 Å². The van der Waals surface area contributed by atoms with E-state index in [-0.39, 0.29) is 17.8 Å². The van der Waals surface area contributed by atoms with Crippen LogP contribution in [0.15, 0.2) is 12.4 Å². The van der Waals surface area contributed by atoms with E-state index in [1.807, 2.05) is 27.7 Å². The number of aromatic nitrogens is 2. The molecule has 1 aromatic heterocycles. The Bertz CT molecular complexity index is 670. The van der Waals surface area contributed by atoms with Crippen molar-refractivity contribution >= 4 is 36.0 Å². The predicted molar refractivity (Wildman–Crippen MR) is 106 cm³/mol. The van der Waals surface area contributed by atoms with Gasteiger partial charge in [-0.05, 0) is 40.5 Å². The Balaban J connectivity index is 1.68. The molecule has 3 heterocycles. The summed E-state index contributed by atoms with van der Waals surface area (Å²) in [7, 11) is 1.34. The summed E-state index contributed by atoms with van der Waals surface area (Å²) in [6.07, 6.45) is 5.47. The molecule has 7 nitrogen and oxygen atoms in total. The Labute approximate surface area is 166 Å². The standard InChI is InChI=1S/C18H28BClN4O3/c1-17(2)18(3,4)27-19(26-17)13-10-21-16(22-11-13)24-8-6-7-14(12-24)23(5)15(25)9-20/h10-11,14H,6-9,12H2,1-5H3/t14-/m0/s1. The third-order valence-corrected chi connectivity index (χ3v) is 6.15. The van der Waals surface area contributed by atoms with Crippen LogP contribution in [0, 0.1) is 0 Å². The third-order valence-electron chi connectivity index (χ3n) is 5.92. The van der Waals surface area contributed by atoms with Crippen LogP contribution in [0.2, 0.25) is 0 Å². The smallest absolute Gasteiger partial charge is 0.399 e. The number of piperidine rings is 1. The van der Waals surface area contributed by atoms with E-state index in [1.165, 1.54) is 0 Å². The van der Waals surface area contributed by atoms with Crippen molar-refractivity contribution in [2.24, 2.45) is 0 Å². The van der Waals surface area contributed by atoms with E-state index in [4.69, 9.17) is 20.9 Å². The first kappa shape index (κ1) is 20.4. The molecule has 0 unspecified atom stereocenters. The molecule has 148 valence electrons. The van der Waals surface area contributed by atoms with Gasteiger partial charge in [0.15, 0.2) is 0 Å². The molecule has 1 atom stereocenters. The Kier molecular flexibility index (Phi) is 5.70. The van der Waals surface area contributed by atoms with Crippen molar-refractivity contribution in [1.82, 2.24) is 14.9 Å². The van der Waals surface area contributed by atoms with Crippen molar-refractivity contribution in [3.05, 3.63) is 12.4 Å². The van der Waals surface area contributed by atoms with E-state index in [0.29, 0.717) is 12.5 Å². The number of halogens is 1. The van der Waals surface area contributed by atoms with Gasteiger partial charge in [0, 0.05) is 44.0 Å². The van der Waals surface area contributed by atoms with Crippen LogP contribution in [0.3, 0.4) is 0 Å². The fourth-order valence-corrected chi connectivity index (χ4v) is 3.53. The monoisotopic (exact) mass is 394 g/mol. The SMILES string of the molecule is CN(C(=O)CCl)[C@H]1CCCN(c2ncc(B3OC(C)(C)C(C)(C)O3)cn2)C1. The Hall–Kier alpha value is -1.38. The summed E-state index contributed by atoms with van der Waals surface area (Å²) in [5.41, 5.74) is 0.0202. The molecule has 9 heteroatoms. The summed E-state index contributed by atoms with van der Waals surface area (Å²) in [4.78, 5) is 24.8. The summed E-state index contributed by atoms with van der Waals surface area (Å²) in [6.45, 7) is 9.66. The molecular weight excluding hydrogens is 366 g/mol. The lowest BCUT2D eigenvalue weighted by molar-refractivity contribution is -0.129. The Morgan fingerprint density at radius 1 is 1.30 bits per heavy atom. The molecular formula is C18H28BClN4O3. The Morgan fingerprint density at radius 3 is 2.44 bits per heavy atom. The summed E-state index contributed by atoms with van der Waals surface area (Å²) >= 11 is 5.69. The maximum Gasteiger partial charge on any atom is 0.498 e. The van der Waals surface area contributed by atoms with Crippen molar-refractivity contribution in [3.8, 4) is 0 Å². The number of hydrogen-bond donors (Lipinski definition) is 0. The lowest BCUT2D eigenvalue weighted by atomic mass is 9.81. The molecule has 2 aliphatic heterocycles. The largest absolute Gasteiger partial charge is 0.498 e. The normalized spacial score (nSPS) is 24.1. The fraction of sp³-hybridized carbons (Fsp3) is 0.722. The summed E-state index contributed by atoms with van der Waals surface area (Å²) in [6, 6.07) is 0.122. The van der Waals surface area contributed by atoms with Gasteiger partial charge >= 0.3 is 7.12 Å². The topological polar surface area (TPSA) is 67.8 Å². The summed E-state index contributed by atoms with van der Waals surface area (Å²) in [5, 5.41) is 0. The fourth-order valence-electron chi connectivity index (χ4n) is 3.35. The van der Waals surface area contributed by atoms with Gasteiger partial charge in [0.25, 0.3) is 0 Å². The molecule has 1 amide bonds. The van der Waals surface area contributed by atoms with Crippen LogP contribution in [0.1, 0.15) is 40.5 Å². The highest BCUT2D eigenvalue weighted by atomic mass is 35.5. The van der Waals surface area contributed by atoms with Crippen molar-refractivity contribution in [3.63, 3.8) is 0 Å². The molecule has 27 heavy (non-hydrogen) atoms. The molecule has 0 aliphatic carbocycles. The van der Waals surface area contributed by atoms with Gasteiger partial charge in [0.2, 0.25) is 11.9 Å². The van der Waals surface area contributed by atoms with E-state index < -0.39 is 18.3 Å². The molecule has 2 fully saturated rings. The number of rotatable bonds is 4. The van der Waals surface area contributed by atoms with Crippen molar-refractivity contribution in [1.29, 1.82) is 0 Å². The number of nitrogens with zero attached hydrogens (tertiary/aromatic N) is 4. The number of hydrogen-bond acceptors (Lipinski definition) is 6. The summed E-state index contributed by atoms with van der Waals surface area (Å²) in [5.74, 6) is 0.610. The third kappa shape index (κ3) is 4.07. The molecule has 0 saturated carbocycles. The van der Waals surface area contributed by atoms with E-state index in [0.717, 1.165) is 24.8 Å². The second-order valence-electron chi connectivity index (χ2n) is 8.28. The maximum atomic E-state index is 11.9. The minimum Gasteiger partial charge on any atom is -0.399 e. The first-order valence-corrected chi connectivity index (χ1v) is 9.92. The van der Waals surface area contributed by atoms with Crippen molar-refractivity contribution < 1.29 is 14.1 Å². The second kappa shape index (κ2) is 7.56. The van der Waals surface area contributed by atoms with E-state index in [2.05, 4.69) is 14.9 Å². The molecule has 3 rings (SSSR count). The number of likely N-dealkylation sites (N-methyl/N-ethyl adjacent to an activating group) is 1. The molecule has 0 bridgehead atoms. The molecule has 0 spiro atoms. The van der Waals surface area contributed by atoms with Crippen LogP contribution in [0.5, 0.6) is 0 Å². The highest BCUT2D eigenvalue weighted by Gasteiger charge is 2.52. The minimum absolute atomic E-state index is 0.00623. The highest BCUT2D eigenvalue weighted by Crippen LogP contribution is 2.36. The average Bonchev–Trinajstić information content (AvgIpc) is 2.88. The minimum atomic E-state index is -0.467. The van der Waals surface area contributed by atoms with Crippen LogP contribution in [0.25, 0.3) is 0 Å². The maximum absolute atomic E-state index is 11.9.